The van der Waals surface area contributed by atoms with E-state index in [1.165, 1.54) is 0 Å². The molecule has 3 heteroatoms. The third kappa shape index (κ3) is 2.40. The van der Waals surface area contributed by atoms with Gasteiger partial charge in [-0.2, -0.15) is 5.26 Å². The topological polar surface area (TPSA) is 49.6 Å². The van der Waals surface area contributed by atoms with E-state index < -0.39 is 0 Å². The third-order valence-corrected chi connectivity index (χ3v) is 3.06. The number of rotatable bonds is 2. The second-order valence-corrected chi connectivity index (χ2v) is 4.36. The molecule has 0 saturated heterocycles. The lowest BCUT2D eigenvalue weighted by Gasteiger charge is -2.05. The Morgan fingerprint density at radius 3 is 2.40 bits per heavy atom. The van der Waals surface area contributed by atoms with Crippen molar-refractivity contribution < 1.29 is 0 Å². The highest BCUT2D eigenvalue weighted by Crippen LogP contribution is 2.24. The molecule has 3 rings (SSSR count). The molecule has 0 bridgehead atoms. The van der Waals surface area contributed by atoms with Gasteiger partial charge in [-0.05, 0) is 47.5 Å². The second kappa shape index (κ2) is 5.33. The van der Waals surface area contributed by atoms with Crippen molar-refractivity contribution in [1.29, 1.82) is 5.26 Å². The van der Waals surface area contributed by atoms with Crippen LogP contribution in [0.4, 0.5) is 0 Å². The highest BCUT2D eigenvalue weighted by atomic mass is 14.7. The van der Waals surface area contributed by atoms with Crippen molar-refractivity contribution >= 4 is 0 Å². The molecule has 20 heavy (non-hydrogen) atoms. The van der Waals surface area contributed by atoms with Crippen LogP contribution in [0.15, 0.2) is 67.1 Å². The Morgan fingerprint density at radius 2 is 1.60 bits per heavy atom. The molecule has 0 amide bonds. The molecule has 0 aliphatic heterocycles. The van der Waals surface area contributed by atoms with Gasteiger partial charge in [0.1, 0.15) is 0 Å². The van der Waals surface area contributed by atoms with E-state index in [2.05, 4.69) is 16.0 Å². The maximum absolute atomic E-state index is 8.96. The highest BCUT2D eigenvalue weighted by Gasteiger charge is 2.03. The summed E-state index contributed by atoms with van der Waals surface area (Å²) < 4.78 is 0. The van der Waals surface area contributed by atoms with Crippen molar-refractivity contribution in [1.82, 2.24) is 9.97 Å². The van der Waals surface area contributed by atoms with Gasteiger partial charge in [-0.1, -0.05) is 12.1 Å². The van der Waals surface area contributed by atoms with Crippen molar-refractivity contribution in [3.05, 3.63) is 72.7 Å². The molecule has 1 aromatic carbocycles. The number of hydrogen-bond donors (Lipinski definition) is 0. The first-order valence-corrected chi connectivity index (χ1v) is 6.24. The van der Waals surface area contributed by atoms with Gasteiger partial charge in [0, 0.05) is 24.2 Å². The predicted octanol–water partition coefficient (Wildman–Crippen LogP) is 3.68. The molecule has 0 radical (unpaired) electrons. The highest BCUT2D eigenvalue weighted by molar-refractivity contribution is 5.70. The molecule has 3 nitrogen and oxygen atoms in total. The summed E-state index contributed by atoms with van der Waals surface area (Å²) in [4.78, 5) is 8.41. The van der Waals surface area contributed by atoms with Gasteiger partial charge in [0.05, 0.1) is 17.3 Å². The van der Waals surface area contributed by atoms with Crippen molar-refractivity contribution in [3.8, 4) is 28.5 Å². The van der Waals surface area contributed by atoms with Crippen LogP contribution in [0.25, 0.3) is 22.4 Å². The van der Waals surface area contributed by atoms with Crippen LogP contribution in [-0.2, 0) is 0 Å². The van der Waals surface area contributed by atoms with Crippen molar-refractivity contribution in [2.75, 3.05) is 0 Å². The van der Waals surface area contributed by atoms with Gasteiger partial charge < -0.3 is 0 Å². The summed E-state index contributed by atoms with van der Waals surface area (Å²) in [5, 5.41) is 8.96. The number of aromatic nitrogens is 2. The minimum absolute atomic E-state index is 0.638. The maximum Gasteiger partial charge on any atom is 0.0991 e. The monoisotopic (exact) mass is 257 g/mol. The summed E-state index contributed by atoms with van der Waals surface area (Å²) in [6.07, 6.45) is 5.32. The minimum atomic E-state index is 0.638. The Balaban J connectivity index is 2.06. The van der Waals surface area contributed by atoms with Gasteiger partial charge in [-0.25, -0.2) is 0 Å². The van der Waals surface area contributed by atoms with Crippen LogP contribution in [0.2, 0.25) is 0 Å². The van der Waals surface area contributed by atoms with E-state index in [9.17, 15) is 0 Å². The average molecular weight is 257 g/mol. The van der Waals surface area contributed by atoms with Crippen molar-refractivity contribution in [2.45, 2.75) is 0 Å². The summed E-state index contributed by atoms with van der Waals surface area (Å²) in [6, 6.07) is 17.5. The van der Waals surface area contributed by atoms with E-state index in [4.69, 9.17) is 5.26 Å². The Morgan fingerprint density at radius 1 is 0.800 bits per heavy atom. The van der Waals surface area contributed by atoms with E-state index in [1.807, 2.05) is 42.5 Å². The maximum atomic E-state index is 8.96. The Kier molecular flexibility index (Phi) is 3.22. The lowest BCUT2D eigenvalue weighted by molar-refractivity contribution is 1.31. The van der Waals surface area contributed by atoms with Crippen LogP contribution >= 0.6 is 0 Å². The van der Waals surface area contributed by atoms with Gasteiger partial charge in [0.25, 0.3) is 0 Å². The molecule has 2 heterocycles. The molecule has 3 aromatic rings. The van der Waals surface area contributed by atoms with Crippen LogP contribution in [0.5, 0.6) is 0 Å². The quantitative estimate of drug-likeness (QED) is 0.703. The Hall–Kier alpha value is -2.99. The summed E-state index contributed by atoms with van der Waals surface area (Å²) in [7, 11) is 0. The molecular weight excluding hydrogens is 246 g/mol. The SMILES string of the molecule is N#Cc1cccc(-c2cc(-c3ccncc3)ccn2)c1. The van der Waals surface area contributed by atoms with Crippen LogP contribution in [0.1, 0.15) is 5.56 Å². The van der Waals surface area contributed by atoms with E-state index in [1.54, 1.807) is 24.7 Å². The zero-order chi connectivity index (χ0) is 13.8. The smallest absolute Gasteiger partial charge is 0.0991 e. The largest absolute Gasteiger partial charge is 0.265 e. The van der Waals surface area contributed by atoms with Gasteiger partial charge in [0.2, 0.25) is 0 Å². The summed E-state index contributed by atoms with van der Waals surface area (Å²) >= 11 is 0. The summed E-state index contributed by atoms with van der Waals surface area (Å²) in [5.74, 6) is 0. The molecule has 2 aromatic heterocycles. The first kappa shape index (κ1) is 12.1. The fourth-order valence-corrected chi connectivity index (χ4v) is 2.06. The molecular formula is C17H11N3. The molecule has 0 fully saturated rings. The molecule has 0 spiro atoms. The van der Waals surface area contributed by atoms with E-state index in [-0.39, 0.29) is 0 Å². The second-order valence-electron chi connectivity index (χ2n) is 4.36. The first-order chi connectivity index (χ1) is 9.86. The molecule has 0 atom stereocenters. The lowest BCUT2D eigenvalue weighted by Crippen LogP contribution is -1.86. The molecule has 94 valence electrons. The molecule has 0 saturated carbocycles. The van der Waals surface area contributed by atoms with Crippen LogP contribution in [0, 0.1) is 11.3 Å². The molecule has 0 N–H and O–H groups in total. The van der Waals surface area contributed by atoms with Crippen LogP contribution < -0.4 is 0 Å². The summed E-state index contributed by atoms with van der Waals surface area (Å²) in [6.45, 7) is 0. The van der Waals surface area contributed by atoms with Crippen LogP contribution in [0.3, 0.4) is 0 Å². The van der Waals surface area contributed by atoms with Gasteiger partial charge in [-0.3, -0.25) is 9.97 Å². The van der Waals surface area contributed by atoms with Gasteiger partial charge in [-0.15, -0.1) is 0 Å². The zero-order valence-electron chi connectivity index (χ0n) is 10.7. The number of hydrogen-bond acceptors (Lipinski definition) is 3. The number of benzene rings is 1. The lowest BCUT2D eigenvalue weighted by atomic mass is 10.0. The Bertz CT molecular complexity index is 773. The fourth-order valence-electron chi connectivity index (χ4n) is 2.06. The minimum Gasteiger partial charge on any atom is -0.265 e. The fraction of sp³-hybridized carbons (Fsp3) is 0. The van der Waals surface area contributed by atoms with E-state index >= 15 is 0 Å². The van der Waals surface area contributed by atoms with Gasteiger partial charge in [0.15, 0.2) is 0 Å². The Labute approximate surface area is 117 Å². The average Bonchev–Trinajstić information content (AvgIpc) is 2.56. The zero-order valence-corrected chi connectivity index (χ0v) is 10.7. The molecule has 0 unspecified atom stereocenters. The first-order valence-electron chi connectivity index (χ1n) is 6.24. The van der Waals surface area contributed by atoms with E-state index in [0.717, 1.165) is 22.4 Å². The third-order valence-electron chi connectivity index (χ3n) is 3.06. The van der Waals surface area contributed by atoms with Crippen molar-refractivity contribution in [2.24, 2.45) is 0 Å². The number of nitrogens with zero attached hydrogens (tertiary/aromatic N) is 3. The number of pyridine rings is 2. The number of nitriles is 1. The molecule has 0 aliphatic rings. The standard InChI is InChI=1S/C17H11N3/c18-12-13-2-1-3-16(10-13)17-11-15(6-9-20-17)14-4-7-19-8-5-14/h1-11H. The molecule has 0 aliphatic carbocycles. The summed E-state index contributed by atoms with van der Waals surface area (Å²) in [5.41, 5.74) is 4.62. The predicted molar refractivity (Wildman–Crippen MR) is 77.6 cm³/mol. The van der Waals surface area contributed by atoms with Crippen LogP contribution in [-0.4, -0.2) is 9.97 Å². The van der Waals surface area contributed by atoms with Gasteiger partial charge >= 0.3 is 0 Å². The normalized spacial score (nSPS) is 9.95. The van der Waals surface area contributed by atoms with Crippen molar-refractivity contribution in [3.63, 3.8) is 0 Å². The van der Waals surface area contributed by atoms with E-state index in [0.29, 0.717) is 5.56 Å².